The Morgan fingerprint density at radius 3 is 2.73 bits per heavy atom. The molecule has 1 aliphatic heterocycles. The van der Waals surface area contributed by atoms with Crippen molar-refractivity contribution in [3.8, 4) is 5.88 Å². The summed E-state index contributed by atoms with van der Waals surface area (Å²) in [6.07, 6.45) is 7.81. The Bertz CT molecular complexity index is 731. The quantitative estimate of drug-likeness (QED) is 0.449. The van der Waals surface area contributed by atoms with Crippen LogP contribution in [0.2, 0.25) is 0 Å². The third kappa shape index (κ3) is 4.81. The number of H-pyrrole nitrogens is 1. The molecule has 0 bridgehead atoms. The molecule has 1 aliphatic carbocycles. The smallest absolute Gasteiger partial charge is 0.264 e. The van der Waals surface area contributed by atoms with Gasteiger partial charge in [0.05, 0.1) is 13.2 Å². The van der Waals surface area contributed by atoms with E-state index >= 15 is 0 Å². The molecule has 26 heavy (non-hydrogen) atoms. The molecule has 3 rings (SSSR count). The Hall–Kier alpha value is -1.51. The van der Waals surface area contributed by atoms with E-state index in [1.807, 2.05) is 0 Å². The van der Waals surface area contributed by atoms with Crippen LogP contribution in [0.25, 0.3) is 0 Å². The van der Waals surface area contributed by atoms with Crippen LogP contribution in [0.5, 0.6) is 5.88 Å². The van der Waals surface area contributed by atoms with E-state index in [-0.39, 0.29) is 23.0 Å². The largest absolute Gasteiger partial charge is 0.494 e. The minimum absolute atomic E-state index is 0.0532. The minimum atomic E-state index is -0.378. The molecule has 2 fully saturated rings. The molecule has 2 N–H and O–H groups in total. The van der Waals surface area contributed by atoms with Crippen LogP contribution in [0, 0.1) is 4.77 Å². The van der Waals surface area contributed by atoms with E-state index < -0.39 is 0 Å². The van der Waals surface area contributed by atoms with Gasteiger partial charge in [0, 0.05) is 38.4 Å². The number of aromatic amines is 1. The average molecular weight is 381 g/mol. The van der Waals surface area contributed by atoms with Crippen molar-refractivity contribution in [1.82, 2.24) is 14.5 Å². The molecule has 0 atom stereocenters. The lowest BCUT2D eigenvalue weighted by Gasteiger charge is -2.26. The standard InChI is InChI=1S/C18H28N4O3S/c23-16-15(13-19-7-4-8-21-9-11-25-12-10-21)17(24)22(18(26)20-16)14-5-2-1-3-6-14/h13-14,24H,1-12H2,(H,20,23,26). The zero-order valence-electron chi connectivity index (χ0n) is 15.2. The SMILES string of the molecule is O=c1[nH]c(=S)n(C2CCCCC2)c(O)c1C=NCCCN1CCOCC1. The van der Waals surface area contributed by atoms with Gasteiger partial charge in [-0.05, 0) is 31.5 Å². The van der Waals surface area contributed by atoms with Gasteiger partial charge in [0.25, 0.3) is 5.56 Å². The predicted molar refractivity (Wildman–Crippen MR) is 104 cm³/mol. The molecule has 2 aliphatic rings. The Labute approximate surface area is 158 Å². The second-order valence-corrected chi connectivity index (χ2v) is 7.39. The molecule has 1 aromatic rings. The second-order valence-electron chi connectivity index (χ2n) is 7.00. The van der Waals surface area contributed by atoms with Crippen molar-refractivity contribution in [2.45, 2.75) is 44.6 Å². The Morgan fingerprint density at radius 1 is 1.27 bits per heavy atom. The predicted octanol–water partition coefficient (Wildman–Crippen LogP) is 2.26. The maximum absolute atomic E-state index is 12.2. The fourth-order valence-corrected chi connectivity index (χ4v) is 4.04. The second kappa shape index (κ2) is 9.43. The first kappa shape index (κ1) is 19.3. The number of nitrogens with zero attached hydrogens (tertiary/aromatic N) is 3. The van der Waals surface area contributed by atoms with E-state index in [0.29, 0.717) is 11.3 Å². The molecule has 2 heterocycles. The monoisotopic (exact) mass is 380 g/mol. The fourth-order valence-electron chi connectivity index (χ4n) is 3.71. The summed E-state index contributed by atoms with van der Waals surface area (Å²) in [6.45, 7) is 5.10. The Kier molecular flexibility index (Phi) is 6.99. The van der Waals surface area contributed by atoms with Crippen molar-refractivity contribution in [2.24, 2.45) is 4.99 Å². The number of hydrogen-bond donors (Lipinski definition) is 2. The molecular weight excluding hydrogens is 352 g/mol. The van der Waals surface area contributed by atoms with E-state index in [0.717, 1.165) is 65.0 Å². The van der Waals surface area contributed by atoms with Gasteiger partial charge in [0.2, 0.25) is 5.88 Å². The summed E-state index contributed by atoms with van der Waals surface area (Å²) in [6, 6.07) is 0.154. The molecule has 144 valence electrons. The van der Waals surface area contributed by atoms with E-state index in [9.17, 15) is 9.90 Å². The first-order valence-electron chi connectivity index (χ1n) is 9.54. The van der Waals surface area contributed by atoms with Crippen LogP contribution in [-0.2, 0) is 4.74 Å². The van der Waals surface area contributed by atoms with Crippen molar-refractivity contribution in [2.75, 3.05) is 39.4 Å². The molecule has 1 aromatic heterocycles. The highest BCUT2D eigenvalue weighted by Gasteiger charge is 2.21. The Balaban J connectivity index is 1.64. The molecule has 0 aromatic carbocycles. The van der Waals surface area contributed by atoms with Crippen molar-refractivity contribution in [1.29, 1.82) is 0 Å². The van der Waals surface area contributed by atoms with Crippen molar-refractivity contribution < 1.29 is 9.84 Å². The average Bonchev–Trinajstić information content (AvgIpc) is 2.65. The van der Waals surface area contributed by atoms with Crippen LogP contribution >= 0.6 is 12.2 Å². The zero-order chi connectivity index (χ0) is 18.4. The van der Waals surface area contributed by atoms with Gasteiger partial charge < -0.3 is 9.84 Å². The van der Waals surface area contributed by atoms with E-state index in [2.05, 4.69) is 14.9 Å². The number of nitrogens with one attached hydrogen (secondary N) is 1. The van der Waals surface area contributed by atoms with E-state index in [1.54, 1.807) is 4.57 Å². The summed E-state index contributed by atoms with van der Waals surface area (Å²) in [5.41, 5.74) is -0.174. The summed E-state index contributed by atoms with van der Waals surface area (Å²) < 4.78 is 7.33. The van der Waals surface area contributed by atoms with Crippen LogP contribution in [0.15, 0.2) is 9.79 Å². The number of ether oxygens (including phenoxy) is 1. The lowest BCUT2D eigenvalue weighted by molar-refractivity contribution is 0.0377. The van der Waals surface area contributed by atoms with Gasteiger partial charge in [-0.2, -0.15) is 0 Å². The van der Waals surface area contributed by atoms with Gasteiger partial charge in [-0.25, -0.2) is 0 Å². The lowest BCUT2D eigenvalue weighted by Crippen LogP contribution is -2.37. The summed E-state index contributed by atoms with van der Waals surface area (Å²) >= 11 is 5.28. The molecule has 0 radical (unpaired) electrons. The van der Waals surface area contributed by atoms with Gasteiger partial charge in [0.15, 0.2) is 4.77 Å². The molecule has 0 amide bonds. The van der Waals surface area contributed by atoms with Crippen LogP contribution < -0.4 is 5.56 Å². The summed E-state index contributed by atoms with van der Waals surface area (Å²) in [7, 11) is 0. The van der Waals surface area contributed by atoms with Gasteiger partial charge in [-0.1, -0.05) is 19.3 Å². The Morgan fingerprint density at radius 2 is 2.00 bits per heavy atom. The van der Waals surface area contributed by atoms with Gasteiger partial charge >= 0.3 is 0 Å². The third-order valence-electron chi connectivity index (χ3n) is 5.18. The summed E-state index contributed by atoms with van der Waals surface area (Å²) in [5, 5.41) is 10.6. The van der Waals surface area contributed by atoms with Crippen molar-refractivity contribution >= 4 is 18.4 Å². The molecule has 8 heteroatoms. The van der Waals surface area contributed by atoms with Crippen LogP contribution in [0.3, 0.4) is 0 Å². The molecule has 1 saturated heterocycles. The van der Waals surface area contributed by atoms with Gasteiger partial charge in [-0.3, -0.25) is 24.2 Å². The van der Waals surface area contributed by atoms with Crippen LogP contribution in [0.4, 0.5) is 0 Å². The third-order valence-corrected chi connectivity index (χ3v) is 5.48. The normalized spacial score (nSPS) is 20.0. The number of aromatic nitrogens is 2. The number of hydrogen-bond acceptors (Lipinski definition) is 6. The van der Waals surface area contributed by atoms with E-state index in [4.69, 9.17) is 17.0 Å². The molecular formula is C18H28N4O3S. The number of morpholine rings is 1. The highest BCUT2D eigenvalue weighted by Crippen LogP contribution is 2.31. The first-order valence-corrected chi connectivity index (χ1v) is 9.95. The zero-order valence-corrected chi connectivity index (χ0v) is 16.0. The van der Waals surface area contributed by atoms with Gasteiger partial charge in [-0.15, -0.1) is 0 Å². The molecule has 0 spiro atoms. The van der Waals surface area contributed by atoms with Crippen molar-refractivity contribution in [3.05, 3.63) is 20.7 Å². The first-order chi connectivity index (χ1) is 12.7. The summed E-state index contributed by atoms with van der Waals surface area (Å²) in [4.78, 5) is 21.6. The van der Waals surface area contributed by atoms with Crippen LogP contribution in [-0.4, -0.2) is 65.2 Å². The highest BCUT2D eigenvalue weighted by atomic mass is 32.1. The van der Waals surface area contributed by atoms with E-state index in [1.165, 1.54) is 12.6 Å². The lowest BCUT2D eigenvalue weighted by atomic mass is 9.95. The number of rotatable bonds is 6. The molecule has 0 unspecified atom stereocenters. The maximum Gasteiger partial charge on any atom is 0.264 e. The fraction of sp³-hybridized carbons (Fsp3) is 0.722. The van der Waals surface area contributed by atoms with Crippen LogP contribution in [0.1, 0.15) is 50.1 Å². The number of aromatic hydroxyl groups is 1. The number of aliphatic imine (C=N–C) groups is 1. The maximum atomic E-state index is 12.2. The van der Waals surface area contributed by atoms with Gasteiger partial charge in [0.1, 0.15) is 5.56 Å². The van der Waals surface area contributed by atoms with Crippen molar-refractivity contribution in [3.63, 3.8) is 0 Å². The minimum Gasteiger partial charge on any atom is -0.494 e. The molecule has 1 saturated carbocycles. The molecule has 7 nitrogen and oxygen atoms in total. The topological polar surface area (TPSA) is 82.8 Å². The summed E-state index contributed by atoms with van der Waals surface area (Å²) in [5.74, 6) is -0.0532. The highest BCUT2D eigenvalue weighted by molar-refractivity contribution is 7.71.